The molecule has 1 amide bonds. The van der Waals surface area contributed by atoms with Crippen LogP contribution in [0.2, 0.25) is 0 Å². The third-order valence-electron chi connectivity index (χ3n) is 2.02. The van der Waals surface area contributed by atoms with E-state index in [1.165, 1.54) is 4.90 Å². The van der Waals surface area contributed by atoms with E-state index in [-0.39, 0.29) is 6.73 Å². The zero-order valence-electron chi connectivity index (χ0n) is 8.38. The van der Waals surface area contributed by atoms with Crippen LogP contribution in [-0.4, -0.2) is 52.8 Å². The topological polar surface area (TPSA) is 104 Å². The number of aliphatic carboxylic acids is 2. The van der Waals surface area contributed by atoms with E-state index in [1.54, 1.807) is 0 Å². The van der Waals surface area contributed by atoms with Crippen molar-refractivity contribution in [2.24, 2.45) is 0 Å². The van der Waals surface area contributed by atoms with Gasteiger partial charge in [0.25, 0.3) is 0 Å². The fraction of sp³-hybridized carbons (Fsp3) is 0.444. The summed E-state index contributed by atoms with van der Waals surface area (Å²) in [5.41, 5.74) is -0.440. The van der Waals surface area contributed by atoms with Gasteiger partial charge in [-0.15, -0.1) is 0 Å². The van der Waals surface area contributed by atoms with Crippen LogP contribution in [0.15, 0.2) is 11.6 Å². The minimum Gasteiger partial charge on any atom is -0.478 e. The van der Waals surface area contributed by atoms with Gasteiger partial charge in [0.15, 0.2) is 0 Å². The number of hydrogen-bond donors (Lipinski definition) is 2. The number of carboxylic acids is 2. The maximum Gasteiger partial charge on any atom is 0.332 e. The average molecular weight is 229 g/mol. The van der Waals surface area contributed by atoms with Crippen LogP contribution in [0.3, 0.4) is 0 Å². The smallest absolute Gasteiger partial charge is 0.332 e. The van der Waals surface area contributed by atoms with Crippen LogP contribution in [0, 0.1) is 0 Å². The molecule has 7 heteroatoms. The monoisotopic (exact) mass is 229 g/mol. The van der Waals surface area contributed by atoms with Crippen molar-refractivity contribution in [3.05, 3.63) is 11.6 Å². The summed E-state index contributed by atoms with van der Waals surface area (Å²) in [7, 11) is 0. The van der Waals surface area contributed by atoms with Crippen LogP contribution in [-0.2, 0) is 19.1 Å². The van der Waals surface area contributed by atoms with Crippen molar-refractivity contribution in [3.63, 3.8) is 0 Å². The number of rotatable bonds is 4. The van der Waals surface area contributed by atoms with Gasteiger partial charge in [-0.3, -0.25) is 4.79 Å². The molecule has 0 aromatic heterocycles. The molecular weight excluding hydrogens is 218 g/mol. The van der Waals surface area contributed by atoms with Gasteiger partial charge in [0.05, 0.1) is 18.6 Å². The second kappa shape index (κ2) is 5.26. The highest BCUT2D eigenvalue weighted by Crippen LogP contribution is 2.08. The molecule has 1 aliphatic heterocycles. The van der Waals surface area contributed by atoms with Gasteiger partial charge in [-0.05, 0) is 0 Å². The summed E-state index contributed by atoms with van der Waals surface area (Å²) >= 11 is 0. The van der Waals surface area contributed by atoms with E-state index in [4.69, 9.17) is 14.9 Å². The quantitative estimate of drug-likeness (QED) is 0.617. The van der Waals surface area contributed by atoms with Crippen molar-refractivity contribution < 1.29 is 29.3 Å². The number of ether oxygens (including phenoxy) is 1. The van der Waals surface area contributed by atoms with Crippen LogP contribution in [0.4, 0.5) is 0 Å². The van der Waals surface area contributed by atoms with Gasteiger partial charge in [-0.25, -0.2) is 9.59 Å². The van der Waals surface area contributed by atoms with E-state index in [1.807, 2.05) is 0 Å². The number of carbonyl (C=O) groups excluding carboxylic acids is 1. The largest absolute Gasteiger partial charge is 0.478 e. The highest BCUT2D eigenvalue weighted by molar-refractivity contribution is 5.99. The molecule has 1 fully saturated rings. The maximum atomic E-state index is 11.5. The summed E-state index contributed by atoms with van der Waals surface area (Å²) < 4.78 is 4.92. The second-order valence-electron chi connectivity index (χ2n) is 3.18. The molecule has 16 heavy (non-hydrogen) atoms. The maximum absolute atomic E-state index is 11.5. The lowest BCUT2D eigenvalue weighted by Crippen LogP contribution is -2.29. The summed E-state index contributed by atoms with van der Waals surface area (Å²) in [6.07, 6.45) is 0.0855. The van der Waals surface area contributed by atoms with E-state index in [9.17, 15) is 14.4 Å². The first-order valence-corrected chi connectivity index (χ1v) is 4.53. The predicted octanol–water partition coefficient (Wildman–Crippen LogP) is -0.712. The van der Waals surface area contributed by atoms with Crippen molar-refractivity contribution in [3.8, 4) is 0 Å². The van der Waals surface area contributed by atoms with Crippen LogP contribution in [0.25, 0.3) is 0 Å². The van der Waals surface area contributed by atoms with E-state index in [0.29, 0.717) is 19.2 Å². The molecule has 0 atom stereocenters. The molecule has 0 radical (unpaired) electrons. The summed E-state index contributed by atoms with van der Waals surface area (Å²) in [5, 5.41) is 17.1. The standard InChI is InChI=1S/C9H11NO6/c11-7(10-1-2-16-5-10)3-6(9(14)15)4-8(12)13/h4H,1-3,5H2,(H,12,13)(H,14,15)/b6-4+. The zero-order chi connectivity index (χ0) is 12.1. The Morgan fingerprint density at radius 1 is 1.31 bits per heavy atom. The SMILES string of the molecule is O=C(O)/C=C(\CC(=O)N1CCOC1)C(=O)O. The summed E-state index contributed by atoms with van der Waals surface area (Å²) in [6.45, 7) is 0.939. The number of nitrogens with zero attached hydrogens (tertiary/aromatic N) is 1. The van der Waals surface area contributed by atoms with E-state index < -0.39 is 29.8 Å². The molecule has 0 aromatic rings. The van der Waals surface area contributed by atoms with Gasteiger partial charge in [0.1, 0.15) is 6.73 Å². The first-order chi connectivity index (χ1) is 7.50. The molecule has 0 spiro atoms. The van der Waals surface area contributed by atoms with Crippen LogP contribution in [0.5, 0.6) is 0 Å². The first-order valence-electron chi connectivity index (χ1n) is 4.53. The number of hydrogen-bond acceptors (Lipinski definition) is 4. The lowest BCUT2D eigenvalue weighted by Gasteiger charge is -2.13. The molecule has 2 N–H and O–H groups in total. The number of amides is 1. The second-order valence-corrected chi connectivity index (χ2v) is 3.18. The Kier molecular flexibility index (Phi) is 4.01. The normalized spacial score (nSPS) is 16.2. The van der Waals surface area contributed by atoms with Crippen LogP contribution >= 0.6 is 0 Å². The lowest BCUT2D eigenvalue weighted by atomic mass is 10.1. The Morgan fingerprint density at radius 3 is 2.44 bits per heavy atom. The molecule has 0 bridgehead atoms. The number of carboxylic acid groups (broad SMARTS) is 2. The summed E-state index contributed by atoms with van der Waals surface area (Å²) in [4.78, 5) is 33.8. The fourth-order valence-corrected chi connectivity index (χ4v) is 1.22. The van der Waals surface area contributed by atoms with Gasteiger partial charge in [-0.2, -0.15) is 0 Å². The third kappa shape index (κ3) is 3.35. The van der Waals surface area contributed by atoms with E-state index in [2.05, 4.69) is 0 Å². The van der Waals surface area contributed by atoms with Crippen LogP contribution < -0.4 is 0 Å². The Hall–Kier alpha value is -1.89. The van der Waals surface area contributed by atoms with Crippen molar-refractivity contribution >= 4 is 17.8 Å². The highest BCUT2D eigenvalue weighted by atomic mass is 16.5. The molecule has 88 valence electrons. The van der Waals surface area contributed by atoms with Crippen LogP contribution in [0.1, 0.15) is 6.42 Å². The molecular formula is C9H11NO6. The summed E-state index contributed by atoms with van der Waals surface area (Å²) in [5.74, 6) is -3.24. The van der Waals surface area contributed by atoms with Gasteiger partial charge < -0.3 is 19.8 Å². The first kappa shape index (κ1) is 12.2. The molecule has 1 saturated heterocycles. The Balaban J connectivity index is 2.64. The van der Waals surface area contributed by atoms with Gasteiger partial charge >= 0.3 is 11.9 Å². The van der Waals surface area contributed by atoms with Gasteiger partial charge in [0, 0.05) is 12.6 Å². The molecule has 1 aliphatic rings. The minimum absolute atomic E-state index is 0.124. The zero-order valence-corrected chi connectivity index (χ0v) is 8.38. The minimum atomic E-state index is -1.41. The Bertz CT molecular complexity index is 342. The molecule has 7 nitrogen and oxygen atoms in total. The third-order valence-corrected chi connectivity index (χ3v) is 2.02. The summed E-state index contributed by atoms with van der Waals surface area (Å²) in [6, 6.07) is 0. The highest BCUT2D eigenvalue weighted by Gasteiger charge is 2.22. The van der Waals surface area contributed by atoms with E-state index in [0.717, 1.165) is 0 Å². The van der Waals surface area contributed by atoms with Crippen molar-refractivity contribution in [1.29, 1.82) is 0 Å². The number of carbonyl (C=O) groups is 3. The Morgan fingerprint density at radius 2 is 2.00 bits per heavy atom. The molecule has 0 aromatic carbocycles. The predicted molar refractivity (Wildman–Crippen MR) is 50.5 cm³/mol. The molecule has 0 aliphatic carbocycles. The Labute approximate surface area is 90.9 Å². The molecule has 0 unspecified atom stereocenters. The lowest BCUT2D eigenvalue weighted by molar-refractivity contribution is -0.137. The fourth-order valence-electron chi connectivity index (χ4n) is 1.22. The molecule has 0 saturated carbocycles. The van der Waals surface area contributed by atoms with Gasteiger partial charge in [-0.1, -0.05) is 0 Å². The average Bonchev–Trinajstić information content (AvgIpc) is 2.68. The van der Waals surface area contributed by atoms with Crippen molar-refractivity contribution in [1.82, 2.24) is 4.90 Å². The van der Waals surface area contributed by atoms with Crippen molar-refractivity contribution in [2.45, 2.75) is 6.42 Å². The van der Waals surface area contributed by atoms with Gasteiger partial charge in [0.2, 0.25) is 5.91 Å². The molecule has 1 heterocycles. The van der Waals surface area contributed by atoms with Crippen molar-refractivity contribution in [2.75, 3.05) is 19.9 Å². The molecule has 1 rings (SSSR count). The van der Waals surface area contributed by atoms with E-state index >= 15 is 0 Å².